The maximum Gasteiger partial charge on any atom is 0.407 e. The Labute approximate surface area is 140 Å². The fourth-order valence-electron chi connectivity index (χ4n) is 3.72. The maximum atomic E-state index is 11.8. The zero-order chi connectivity index (χ0) is 16.9. The van der Waals surface area contributed by atoms with E-state index in [-0.39, 0.29) is 6.09 Å². The van der Waals surface area contributed by atoms with Gasteiger partial charge < -0.3 is 20.1 Å². The molecule has 0 aromatic carbocycles. The minimum Gasteiger partial charge on any atom is -0.444 e. The van der Waals surface area contributed by atoms with Crippen molar-refractivity contribution in [3.8, 4) is 0 Å². The Bertz CT molecular complexity index is 375. The van der Waals surface area contributed by atoms with Crippen LogP contribution in [0.5, 0.6) is 0 Å². The molecule has 134 valence electrons. The Hall–Kier alpha value is -0.810. The van der Waals surface area contributed by atoms with Gasteiger partial charge in [0.25, 0.3) is 0 Å². The SMILES string of the molecule is CC(NC1CCCC1CNC(=O)OC(C)(C)C)C1CCOCC1. The smallest absolute Gasteiger partial charge is 0.407 e. The monoisotopic (exact) mass is 326 g/mol. The number of carbonyl (C=O) groups is 1. The van der Waals surface area contributed by atoms with Crippen molar-refractivity contribution < 1.29 is 14.3 Å². The van der Waals surface area contributed by atoms with Gasteiger partial charge in [-0.2, -0.15) is 0 Å². The molecule has 1 aliphatic carbocycles. The van der Waals surface area contributed by atoms with Crippen molar-refractivity contribution in [2.45, 2.75) is 77.5 Å². The van der Waals surface area contributed by atoms with Crippen LogP contribution in [0.25, 0.3) is 0 Å². The summed E-state index contributed by atoms with van der Waals surface area (Å²) in [5, 5.41) is 6.77. The van der Waals surface area contributed by atoms with Gasteiger partial charge >= 0.3 is 6.09 Å². The molecule has 2 fully saturated rings. The van der Waals surface area contributed by atoms with Gasteiger partial charge in [-0.05, 0) is 65.2 Å². The number of hydrogen-bond donors (Lipinski definition) is 2. The summed E-state index contributed by atoms with van der Waals surface area (Å²) in [6.07, 6.45) is 5.62. The Morgan fingerprint density at radius 3 is 2.57 bits per heavy atom. The van der Waals surface area contributed by atoms with E-state index in [4.69, 9.17) is 9.47 Å². The van der Waals surface area contributed by atoms with E-state index in [2.05, 4.69) is 17.6 Å². The summed E-state index contributed by atoms with van der Waals surface area (Å²) in [7, 11) is 0. The molecular formula is C18H34N2O3. The van der Waals surface area contributed by atoms with Crippen molar-refractivity contribution in [3.05, 3.63) is 0 Å². The highest BCUT2D eigenvalue weighted by Gasteiger charge is 2.31. The van der Waals surface area contributed by atoms with E-state index < -0.39 is 5.60 Å². The van der Waals surface area contributed by atoms with Crippen LogP contribution in [-0.4, -0.2) is 43.5 Å². The number of rotatable bonds is 5. The largest absolute Gasteiger partial charge is 0.444 e. The summed E-state index contributed by atoms with van der Waals surface area (Å²) in [5.74, 6) is 1.22. The van der Waals surface area contributed by atoms with E-state index in [1.165, 1.54) is 19.3 Å². The summed E-state index contributed by atoms with van der Waals surface area (Å²) in [6, 6.07) is 1.02. The molecular weight excluding hydrogens is 292 g/mol. The molecule has 1 heterocycles. The van der Waals surface area contributed by atoms with Crippen LogP contribution in [0.4, 0.5) is 4.79 Å². The van der Waals surface area contributed by atoms with Gasteiger partial charge in [0.2, 0.25) is 0 Å². The minimum atomic E-state index is -0.436. The fraction of sp³-hybridized carbons (Fsp3) is 0.944. The predicted molar refractivity (Wildman–Crippen MR) is 91.5 cm³/mol. The number of hydrogen-bond acceptors (Lipinski definition) is 4. The van der Waals surface area contributed by atoms with Gasteiger partial charge in [0, 0.05) is 31.8 Å². The molecule has 2 N–H and O–H groups in total. The van der Waals surface area contributed by atoms with E-state index >= 15 is 0 Å². The maximum absolute atomic E-state index is 11.8. The third-order valence-corrected chi connectivity index (χ3v) is 5.02. The van der Waals surface area contributed by atoms with Crippen LogP contribution < -0.4 is 10.6 Å². The molecule has 2 rings (SSSR count). The summed E-state index contributed by atoms with van der Waals surface area (Å²) in [4.78, 5) is 11.8. The number of amides is 1. The lowest BCUT2D eigenvalue weighted by molar-refractivity contribution is 0.0499. The van der Waals surface area contributed by atoms with Gasteiger partial charge in [-0.3, -0.25) is 0 Å². The van der Waals surface area contributed by atoms with Gasteiger partial charge in [0.15, 0.2) is 0 Å². The molecule has 5 nitrogen and oxygen atoms in total. The molecule has 0 bridgehead atoms. The third kappa shape index (κ3) is 6.30. The summed E-state index contributed by atoms with van der Waals surface area (Å²) < 4.78 is 10.8. The van der Waals surface area contributed by atoms with Crippen LogP contribution in [0.2, 0.25) is 0 Å². The first kappa shape index (κ1) is 18.5. The van der Waals surface area contributed by atoms with Gasteiger partial charge in [0.1, 0.15) is 5.60 Å². The second kappa shape index (κ2) is 8.34. The molecule has 1 saturated heterocycles. The average molecular weight is 326 g/mol. The highest BCUT2D eigenvalue weighted by molar-refractivity contribution is 5.67. The van der Waals surface area contributed by atoms with Crippen molar-refractivity contribution in [2.75, 3.05) is 19.8 Å². The summed E-state index contributed by atoms with van der Waals surface area (Å²) >= 11 is 0. The van der Waals surface area contributed by atoms with Gasteiger partial charge in [0.05, 0.1) is 0 Å². The lowest BCUT2D eigenvalue weighted by Gasteiger charge is -2.32. The normalized spacial score (nSPS) is 27.7. The number of nitrogens with one attached hydrogen (secondary N) is 2. The number of carbonyl (C=O) groups excluding carboxylic acids is 1. The molecule has 1 saturated carbocycles. The lowest BCUT2D eigenvalue weighted by atomic mass is 9.91. The Morgan fingerprint density at radius 1 is 1.22 bits per heavy atom. The number of ether oxygens (including phenoxy) is 2. The molecule has 3 atom stereocenters. The van der Waals surface area contributed by atoms with Crippen LogP contribution >= 0.6 is 0 Å². The van der Waals surface area contributed by atoms with Crippen molar-refractivity contribution in [1.82, 2.24) is 10.6 Å². The Kier molecular flexibility index (Phi) is 6.72. The van der Waals surface area contributed by atoms with Crippen molar-refractivity contribution >= 4 is 6.09 Å². The van der Waals surface area contributed by atoms with Gasteiger partial charge in [-0.15, -0.1) is 0 Å². The second-order valence-electron chi connectivity index (χ2n) is 8.09. The third-order valence-electron chi connectivity index (χ3n) is 5.02. The van der Waals surface area contributed by atoms with Crippen molar-refractivity contribution in [2.24, 2.45) is 11.8 Å². The van der Waals surface area contributed by atoms with E-state index in [0.717, 1.165) is 26.1 Å². The molecule has 1 aliphatic heterocycles. The quantitative estimate of drug-likeness (QED) is 0.815. The van der Waals surface area contributed by atoms with E-state index in [1.807, 2.05) is 20.8 Å². The van der Waals surface area contributed by atoms with Crippen LogP contribution in [0.3, 0.4) is 0 Å². The number of alkyl carbamates (subject to hydrolysis) is 1. The summed E-state index contributed by atoms with van der Waals surface area (Å²) in [6.45, 7) is 10.5. The van der Waals surface area contributed by atoms with E-state index in [9.17, 15) is 4.79 Å². The topological polar surface area (TPSA) is 59.6 Å². The van der Waals surface area contributed by atoms with Crippen LogP contribution in [0.1, 0.15) is 59.8 Å². The summed E-state index contributed by atoms with van der Waals surface area (Å²) in [5.41, 5.74) is -0.436. The van der Waals surface area contributed by atoms with Crippen LogP contribution in [0, 0.1) is 11.8 Å². The first-order chi connectivity index (χ1) is 10.8. The molecule has 5 heteroatoms. The molecule has 1 amide bonds. The van der Waals surface area contributed by atoms with Gasteiger partial charge in [-0.25, -0.2) is 4.79 Å². The van der Waals surface area contributed by atoms with Crippen LogP contribution in [0.15, 0.2) is 0 Å². The Balaban J connectivity index is 1.75. The molecule has 0 radical (unpaired) electrons. The molecule has 0 aromatic heterocycles. The predicted octanol–water partition coefficient (Wildman–Crippen LogP) is 3.08. The minimum absolute atomic E-state index is 0.305. The molecule has 23 heavy (non-hydrogen) atoms. The molecule has 2 aliphatic rings. The fourth-order valence-corrected chi connectivity index (χ4v) is 3.72. The van der Waals surface area contributed by atoms with Crippen LogP contribution in [-0.2, 0) is 9.47 Å². The van der Waals surface area contributed by atoms with Crippen molar-refractivity contribution in [1.29, 1.82) is 0 Å². The van der Waals surface area contributed by atoms with E-state index in [0.29, 0.717) is 30.5 Å². The van der Waals surface area contributed by atoms with Gasteiger partial charge in [-0.1, -0.05) is 6.42 Å². The van der Waals surface area contributed by atoms with E-state index in [1.54, 1.807) is 0 Å². The molecule has 0 aromatic rings. The average Bonchev–Trinajstić information content (AvgIpc) is 2.91. The Morgan fingerprint density at radius 2 is 1.91 bits per heavy atom. The highest BCUT2D eigenvalue weighted by atomic mass is 16.6. The first-order valence-corrected chi connectivity index (χ1v) is 9.16. The molecule has 3 unspecified atom stereocenters. The zero-order valence-electron chi connectivity index (χ0n) is 15.2. The molecule has 0 spiro atoms. The lowest BCUT2D eigenvalue weighted by Crippen LogP contribution is -2.47. The highest BCUT2D eigenvalue weighted by Crippen LogP contribution is 2.27. The first-order valence-electron chi connectivity index (χ1n) is 9.16. The standard InChI is InChI=1S/C18H34N2O3/c1-13(14-8-10-22-11-9-14)20-16-7-5-6-15(16)12-19-17(21)23-18(2,3)4/h13-16,20H,5-12H2,1-4H3,(H,19,21). The van der Waals surface area contributed by atoms with Crippen molar-refractivity contribution in [3.63, 3.8) is 0 Å². The second-order valence-corrected chi connectivity index (χ2v) is 8.09. The zero-order valence-corrected chi connectivity index (χ0v) is 15.2.